The predicted molar refractivity (Wildman–Crippen MR) is 39.9 cm³/mol. The van der Waals surface area contributed by atoms with Gasteiger partial charge in [0.15, 0.2) is 0 Å². The third-order valence-electron chi connectivity index (χ3n) is 0.718. The Bertz CT molecular complexity index is 223. The lowest BCUT2D eigenvalue weighted by Gasteiger charge is -2.00. The van der Waals surface area contributed by atoms with Gasteiger partial charge in [-0.05, 0) is 6.42 Å². The minimum atomic E-state index is -3.85. The van der Waals surface area contributed by atoms with Crippen LogP contribution >= 0.6 is 0 Å². The van der Waals surface area contributed by atoms with Crippen LogP contribution in [0.4, 0.5) is 0 Å². The SMILES string of the molecule is C#CCOS(=O)(=O)OCCC. The summed E-state index contributed by atoms with van der Waals surface area (Å²) in [5, 5.41) is 0. The summed E-state index contributed by atoms with van der Waals surface area (Å²) in [5.74, 6) is 2.02. The molecule has 0 bridgehead atoms. The van der Waals surface area contributed by atoms with Gasteiger partial charge in [0, 0.05) is 0 Å². The highest BCUT2D eigenvalue weighted by Crippen LogP contribution is 1.95. The molecule has 0 spiro atoms. The fourth-order valence-corrected chi connectivity index (χ4v) is 0.977. The lowest BCUT2D eigenvalue weighted by Crippen LogP contribution is -2.10. The summed E-state index contributed by atoms with van der Waals surface area (Å²) in [4.78, 5) is 0. The van der Waals surface area contributed by atoms with Gasteiger partial charge in [-0.1, -0.05) is 12.8 Å². The van der Waals surface area contributed by atoms with Crippen LogP contribution < -0.4 is 0 Å². The zero-order chi connectivity index (χ0) is 8.74. The molecule has 0 atom stereocenters. The lowest BCUT2D eigenvalue weighted by molar-refractivity contribution is 0.232. The molecule has 5 heteroatoms. The van der Waals surface area contributed by atoms with Crippen molar-refractivity contribution in [2.75, 3.05) is 13.2 Å². The summed E-state index contributed by atoms with van der Waals surface area (Å²) in [5.41, 5.74) is 0. The van der Waals surface area contributed by atoms with Gasteiger partial charge in [0.1, 0.15) is 6.61 Å². The molecule has 0 fully saturated rings. The second kappa shape index (κ2) is 5.13. The third-order valence-corrected chi connectivity index (χ3v) is 1.58. The topological polar surface area (TPSA) is 52.6 Å². The van der Waals surface area contributed by atoms with Crippen LogP contribution in [0.15, 0.2) is 0 Å². The van der Waals surface area contributed by atoms with Crippen molar-refractivity contribution >= 4 is 10.4 Å². The van der Waals surface area contributed by atoms with E-state index < -0.39 is 10.4 Å². The van der Waals surface area contributed by atoms with Crippen molar-refractivity contribution in [3.8, 4) is 12.3 Å². The predicted octanol–water partition coefficient (Wildman–Crippen LogP) is 0.308. The quantitative estimate of drug-likeness (QED) is 0.568. The van der Waals surface area contributed by atoms with Crippen LogP contribution in [-0.4, -0.2) is 21.6 Å². The Kier molecular flexibility index (Phi) is 4.86. The molecule has 0 radical (unpaired) electrons. The van der Waals surface area contributed by atoms with Gasteiger partial charge in [0.25, 0.3) is 0 Å². The van der Waals surface area contributed by atoms with Crippen molar-refractivity contribution in [3.63, 3.8) is 0 Å². The lowest BCUT2D eigenvalue weighted by atomic mass is 10.5. The average Bonchev–Trinajstić information content (AvgIpc) is 1.97. The van der Waals surface area contributed by atoms with Gasteiger partial charge in [-0.25, -0.2) is 8.37 Å². The maximum Gasteiger partial charge on any atom is 0.400 e. The highest BCUT2D eigenvalue weighted by atomic mass is 32.3. The van der Waals surface area contributed by atoms with Gasteiger partial charge in [-0.2, -0.15) is 8.42 Å². The second-order valence-electron chi connectivity index (χ2n) is 1.70. The van der Waals surface area contributed by atoms with Gasteiger partial charge in [0.2, 0.25) is 0 Å². The van der Waals surface area contributed by atoms with E-state index in [0.29, 0.717) is 6.42 Å². The first-order chi connectivity index (χ1) is 5.12. The normalized spacial score (nSPS) is 10.9. The molecule has 0 aromatic heterocycles. The maximum atomic E-state index is 10.6. The van der Waals surface area contributed by atoms with E-state index in [2.05, 4.69) is 8.37 Å². The molecular weight excluding hydrogens is 168 g/mol. The van der Waals surface area contributed by atoms with E-state index in [0.717, 1.165) is 0 Å². The van der Waals surface area contributed by atoms with E-state index in [4.69, 9.17) is 6.42 Å². The van der Waals surface area contributed by atoms with E-state index in [1.54, 1.807) is 6.92 Å². The maximum absolute atomic E-state index is 10.6. The van der Waals surface area contributed by atoms with Crippen LogP contribution in [0.25, 0.3) is 0 Å². The van der Waals surface area contributed by atoms with Crippen LogP contribution in [0, 0.1) is 12.3 Å². The molecular formula is C6H10O4S. The minimum absolute atomic E-state index is 0.118. The fraction of sp³-hybridized carbons (Fsp3) is 0.667. The van der Waals surface area contributed by atoms with E-state index in [9.17, 15) is 8.42 Å². The molecule has 0 unspecified atom stereocenters. The van der Waals surface area contributed by atoms with Crippen molar-refractivity contribution in [2.24, 2.45) is 0 Å². The third kappa shape index (κ3) is 5.85. The molecule has 4 nitrogen and oxygen atoms in total. The number of hydrogen-bond acceptors (Lipinski definition) is 4. The van der Waals surface area contributed by atoms with Gasteiger partial charge < -0.3 is 0 Å². The van der Waals surface area contributed by atoms with Crippen LogP contribution in [0.2, 0.25) is 0 Å². The standard InChI is InChI=1S/C6H10O4S/c1-3-5-9-11(7,8)10-6-4-2/h1H,4-6H2,2H3. The zero-order valence-electron chi connectivity index (χ0n) is 6.24. The smallest absolute Gasteiger partial charge is 0.248 e. The highest BCUT2D eigenvalue weighted by molar-refractivity contribution is 7.81. The van der Waals surface area contributed by atoms with E-state index in [1.165, 1.54) is 0 Å². The Morgan fingerprint density at radius 3 is 2.55 bits per heavy atom. The Morgan fingerprint density at radius 1 is 1.45 bits per heavy atom. The molecule has 0 heterocycles. The molecule has 11 heavy (non-hydrogen) atoms. The van der Waals surface area contributed by atoms with E-state index in [1.807, 2.05) is 5.92 Å². The first-order valence-electron chi connectivity index (χ1n) is 3.09. The average molecular weight is 178 g/mol. The van der Waals surface area contributed by atoms with Gasteiger partial charge >= 0.3 is 10.4 Å². The van der Waals surface area contributed by atoms with Gasteiger partial charge in [-0.15, -0.1) is 6.42 Å². The molecule has 0 saturated heterocycles. The van der Waals surface area contributed by atoms with E-state index >= 15 is 0 Å². The first-order valence-corrected chi connectivity index (χ1v) is 4.43. The zero-order valence-corrected chi connectivity index (χ0v) is 7.06. The van der Waals surface area contributed by atoms with Crippen molar-refractivity contribution in [1.29, 1.82) is 0 Å². The summed E-state index contributed by atoms with van der Waals surface area (Å²) in [7, 11) is -3.85. The molecule has 0 aliphatic rings. The van der Waals surface area contributed by atoms with Crippen LogP contribution in [0.1, 0.15) is 13.3 Å². The van der Waals surface area contributed by atoms with Crippen LogP contribution in [0.3, 0.4) is 0 Å². The minimum Gasteiger partial charge on any atom is -0.248 e. The van der Waals surface area contributed by atoms with Gasteiger partial charge in [-0.3, -0.25) is 0 Å². The van der Waals surface area contributed by atoms with Crippen molar-refractivity contribution in [1.82, 2.24) is 0 Å². The summed E-state index contributed by atoms with van der Waals surface area (Å²) >= 11 is 0. The summed E-state index contributed by atoms with van der Waals surface area (Å²) in [6.45, 7) is 1.62. The molecule has 0 saturated carbocycles. The Morgan fingerprint density at radius 2 is 2.09 bits per heavy atom. The summed E-state index contributed by atoms with van der Waals surface area (Å²) < 4.78 is 29.7. The Balaban J connectivity index is 3.74. The van der Waals surface area contributed by atoms with Crippen molar-refractivity contribution in [3.05, 3.63) is 0 Å². The molecule has 0 rings (SSSR count). The largest absolute Gasteiger partial charge is 0.400 e. The van der Waals surface area contributed by atoms with Crippen molar-refractivity contribution < 1.29 is 16.8 Å². The molecule has 0 N–H and O–H groups in total. The summed E-state index contributed by atoms with van der Waals surface area (Å²) in [6.07, 6.45) is 5.38. The molecule has 0 aromatic carbocycles. The number of hydrogen-bond donors (Lipinski definition) is 0. The van der Waals surface area contributed by atoms with Crippen molar-refractivity contribution in [2.45, 2.75) is 13.3 Å². The van der Waals surface area contributed by atoms with Crippen LogP contribution in [-0.2, 0) is 18.8 Å². The van der Waals surface area contributed by atoms with Gasteiger partial charge in [0.05, 0.1) is 6.61 Å². The number of terminal acetylenes is 1. The highest BCUT2D eigenvalue weighted by Gasteiger charge is 2.08. The molecule has 0 aliphatic carbocycles. The second-order valence-corrected chi connectivity index (χ2v) is 2.98. The van der Waals surface area contributed by atoms with Crippen LogP contribution in [0.5, 0.6) is 0 Å². The molecule has 64 valence electrons. The fourth-order valence-electron chi connectivity index (χ4n) is 0.326. The molecule has 0 aliphatic heterocycles. The molecule has 0 amide bonds. The first kappa shape index (κ1) is 10.4. The molecule has 0 aromatic rings. The Hall–Kier alpha value is -0.570. The van der Waals surface area contributed by atoms with E-state index in [-0.39, 0.29) is 13.2 Å². The number of rotatable bonds is 5. The monoisotopic (exact) mass is 178 g/mol. The summed E-state index contributed by atoms with van der Waals surface area (Å²) in [6, 6.07) is 0. The Labute approximate surface area is 66.8 Å².